The van der Waals surface area contributed by atoms with Crippen LogP contribution in [0, 0.1) is 17.8 Å². The smallest absolute Gasteiger partial charge is 0.0195 e. The van der Waals surface area contributed by atoms with Gasteiger partial charge in [-0.25, -0.2) is 0 Å². The van der Waals surface area contributed by atoms with E-state index in [4.69, 9.17) is 0 Å². The third-order valence-corrected chi connectivity index (χ3v) is 5.71. The molecule has 116 valence electrons. The van der Waals surface area contributed by atoms with Crippen LogP contribution in [0.1, 0.15) is 65.2 Å². The number of nitrogens with zero attached hydrogens (tertiary/aromatic N) is 1. The Morgan fingerprint density at radius 2 is 1.85 bits per heavy atom. The fourth-order valence-electron chi connectivity index (χ4n) is 4.57. The monoisotopic (exact) mass is 278 g/mol. The van der Waals surface area contributed by atoms with Gasteiger partial charge in [0.1, 0.15) is 0 Å². The zero-order chi connectivity index (χ0) is 13.9. The van der Waals surface area contributed by atoms with Gasteiger partial charge in [-0.3, -0.25) is 4.90 Å². The Hall–Kier alpha value is -0.0800. The molecule has 1 heterocycles. The maximum atomic E-state index is 3.70. The molecular formula is C18H34N2. The molecule has 3 unspecified atom stereocenters. The van der Waals surface area contributed by atoms with Crippen LogP contribution in [0.15, 0.2) is 0 Å². The van der Waals surface area contributed by atoms with E-state index in [9.17, 15) is 0 Å². The minimum atomic E-state index is 0.773. The summed E-state index contributed by atoms with van der Waals surface area (Å²) in [4.78, 5) is 2.86. The Morgan fingerprint density at radius 1 is 1.00 bits per heavy atom. The van der Waals surface area contributed by atoms with Crippen molar-refractivity contribution in [2.75, 3.05) is 19.6 Å². The van der Waals surface area contributed by atoms with Crippen molar-refractivity contribution < 1.29 is 0 Å². The lowest BCUT2D eigenvalue weighted by Gasteiger charge is -2.40. The van der Waals surface area contributed by atoms with Crippen molar-refractivity contribution in [3.63, 3.8) is 0 Å². The standard InChI is InChI=1S/C18H34N2/c1-14(2)12-20(13-17-6-4-10-19-17)18-7-3-5-16(11-18)15-8-9-15/h14-19H,3-13H2,1-2H3. The molecular weight excluding hydrogens is 244 g/mol. The van der Waals surface area contributed by atoms with Crippen molar-refractivity contribution in [1.82, 2.24) is 10.2 Å². The van der Waals surface area contributed by atoms with Gasteiger partial charge in [0.15, 0.2) is 0 Å². The second kappa shape index (κ2) is 6.79. The third kappa shape index (κ3) is 3.98. The van der Waals surface area contributed by atoms with Crippen molar-refractivity contribution in [3.05, 3.63) is 0 Å². The summed E-state index contributed by atoms with van der Waals surface area (Å²) in [5, 5.41) is 3.70. The van der Waals surface area contributed by atoms with E-state index < -0.39 is 0 Å². The normalized spacial score (nSPS) is 35.1. The summed E-state index contributed by atoms with van der Waals surface area (Å²) < 4.78 is 0. The molecule has 3 rings (SSSR count). The predicted molar refractivity (Wildman–Crippen MR) is 85.9 cm³/mol. The second-order valence-corrected chi connectivity index (χ2v) is 8.06. The van der Waals surface area contributed by atoms with Gasteiger partial charge in [-0.2, -0.15) is 0 Å². The second-order valence-electron chi connectivity index (χ2n) is 8.06. The van der Waals surface area contributed by atoms with Gasteiger partial charge in [0, 0.05) is 25.2 Å². The average molecular weight is 278 g/mol. The Balaban J connectivity index is 1.57. The summed E-state index contributed by atoms with van der Waals surface area (Å²) in [5.74, 6) is 2.99. The summed E-state index contributed by atoms with van der Waals surface area (Å²) in [6, 6.07) is 1.66. The summed E-state index contributed by atoms with van der Waals surface area (Å²) >= 11 is 0. The van der Waals surface area contributed by atoms with Crippen LogP contribution < -0.4 is 5.32 Å². The van der Waals surface area contributed by atoms with E-state index in [0.717, 1.165) is 29.8 Å². The number of nitrogens with one attached hydrogen (secondary N) is 1. The number of hydrogen-bond acceptors (Lipinski definition) is 2. The SMILES string of the molecule is CC(C)CN(CC1CCCN1)C1CCCC(C2CC2)C1. The molecule has 3 atom stereocenters. The van der Waals surface area contributed by atoms with E-state index >= 15 is 0 Å². The lowest BCUT2D eigenvalue weighted by Crippen LogP contribution is -2.47. The highest BCUT2D eigenvalue weighted by Crippen LogP contribution is 2.44. The lowest BCUT2D eigenvalue weighted by atomic mass is 9.81. The minimum Gasteiger partial charge on any atom is -0.313 e. The molecule has 0 bridgehead atoms. The largest absolute Gasteiger partial charge is 0.313 e. The molecule has 3 fully saturated rings. The first kappa shape index (κ1) is 14.8. The Morgan fingerprint density at radius 3 is 2.50 bits per heavy atom. The van der Waals surface area contributed by atoms with Crippen molar-refractivity contribution in [1.29, 1.82) is 0 Å². The highest BCUT2D eigenvalue weighted by atomic mass is 15.2. The van der Waals surface area contributed by atoms with Gasteiger partial charge in [-0.05, 0) is 62.8 Å². The van der Waals surface area contributed by atoms with Gasteiger partial charge < -0.3 is 5.32 Å². The van der Waals surface area contributed by atoms with Crippen molar-refractivity contribution >= 4 is 0 Å². The summed E-state index contributed by atoms with van der Waals surface area (Å²) in [6.07, 6.45) is 11.8. The topological polar surface area (TPSA) is 15.3 Å². The Kier molecular flexibility index (Phi) is 5.04. The summed E-state index contributed by atoms with van der Waals surface area (Å²) in [6.45, 7) is 8.63. The third-order valence-electron chi connectivity index (χ3n) is 5.71. The minimum absolute atomic E-state index is 0.773. The lowest BCUT2D eigenvalue weighted by molar-refractivity contribution is 0.102. The van der Waals surface area contributed by atoms with Crippen LogP contribution in [0.25, 0.3) is 0 Å². The van der Waals surface area contributed by atoms with Crippen LogP contribution in [0.2, 0.25) is 0 Å². The molecule has 2 saturated carbocycles. The number of rotatable bonds is 6. The molecule has 0 amide bonds. The summed E-state index contributed by atoms with van der Waals surface area (Å²) in [7, 11) is 0. The first-order chi connectivity index (χ1) is 9.72. The average Bonchev–Trinajstić information content (AvgIpc) is 3.16. The van der Waals surface area contributed by atoms with E-state index in [0.29, 0.717) is 0 Å². The van der Waals surface area contributed by atoms with Gasteiger partial charge in [-0.15, -0.1) is 0 Å². The van der Waals surface area contributed by atoms with Gasteiger partial charge in [0.2, 0.25) is 0 Å². The first-order valence-corrected chi connectivity index (χ1v) is 9.20. The highest BCUT2D eigenvalue weighted by molar-refractivity contribution is 4.90. The zero-order valence-electron chi connectivity index (χ0n) is 13.6. The maximum Gasteiger partial charge on any atom is 0.0195 e. The van der Waals surface area contributed by atoms with E-state index in [1.807, 2.05) is 0 Å². The molecule has 0 aromatic rings. The van der Waals surface area contributed by atoms with E-state index in [1.165, 1.54) is 71.0 Å². The summed E-state index contributed by atoms with van der Waals surface area (Å²) in [5.41, 5.74) is 0. The highest BCUT2D eigenvalue weighted by Gasteiger charge is 2.36. The van der Waals surface area contributed by atoms with Crippen molar-refractivity contribution in [2.45, 2.75) is 77.3 Å². The van der Waals surface area contributed by atoms with Crippen LogP contribution in [-0.4, -0.2) is 36.6 Å². The molecule has 1 saturated heterocycles. The van der Waals surface area contributed by atoms with Crippen LogP contribution in [0.4, 0.5) is 0 Å². The molecule has 1 aliphatic heterocycles. The van der Waals surface area contributed by atoms with Gasteiger partial charge in [0.25, 0.3) is 0 Å². The maximum absolute atomic E-state index is 3.70. The van der Waals surface area contributed by atoms with Crippen molar-refractivity contribution in [3.8, 4) is 0 Å². The predicted octanol–water partition coefficient (Wildman–Crippen LogP) is 3.67. The van der Waals surface area contributed by atoms with Crippen LogP contribution in [0.3, 0.4) is 0 Å². The Labute approximate surface area is 125 Å². The molecule has 1 N–H and O–H groups in total. The molecule has 20 heavy (non-hydrogen) atoms. The van der Waals surface area contributed by atoms with E-state index in [2.05, 4.69) is 24.1 Å². The quantitative estimate of drug-likeness (QED) is 0.797. The van der Waals surface area contributed by atoms with Gasteiger partial charge in [0.05, 0.1) is 0 Å². The van der Waals surface area contributed by atoms with Crippen LogP contribution in [-0.2, 0) is 0 Å². The molecule has 0 radical (unpaired) electrons. The molecule has 0 aromatic heterocycles. The molecule has 2 aliphatic carbocycles. The fraction of sp³-hybridized carbons (Fsp3) is 1.00. The molecule has 2 heteroatoms. The van der Waals surface area contributed by atoms with Crippen LogP contribution >= 0.6 is 0 Å². The molecule has 3 aliphatic rings. The van der Waals surface area contributed by atoms with Crippen LogP contribution in [0.5, 0.6) is 0 Å². The molecule has 2 nitrogen and oxygen atoms in total. The molecule has 0 spiro atoms. The van der Waals surface area contributed by atoms with Gasteiger partial charge >= 0.3 is 0 Å². The zero-order valence-corrected chi connectivity index (χ0v) is 13.6. The first-order valence-electron chi connectivity index (χ1n) is 9.20. The fourth-order valence-corrected chi connectivity index (χ4v) is 4.57. The van der Waals surface area contributed by atoms with E-state index in [-0.39, 0.29) is 0 Å². The Bertz CT molecular complexity index is 292. The molecule has 0 aromatic carbocycles. The van der Waals surface area contributed by atoms with E-state index in [1.54, 1.807) is 0 Å². The number of hydrogen-bond donors (Lipinski definition) is 1. The van der Waals surface area contributed by atoms with Crippen molar-refractivity contribution in [2.24, 2.45) is 17.8 Å². The van der Waals surface area contributed by atoms with Gasteiger partial charge in [-0.1, -0.05) is 26.7 Å².